The topological polar surface area (TPSA) is 92.3 Å². The first-order valence-electron chi connectivity index (χ1n) is 15.1. The van der Waals surface area contributed by atoms with E-state index in [1.165, 1.54) is 16.9 Å². The fraction of sp³-hybridized carbons (Fsp3) is 0.237. The molecule has 0 aliphatic heterocycles. The number of rotatable bonds is 12. The van der Waals surface area contributed by atoms with Crippen molar-refractivity contribution in [3.05, 3.63) is 162 Å². The predicted molar refractivity (Wildman–Crippen MR) is 192 cm³/mol. The van der Waals surface area contributed by atoms with E-state index in [4.69, 9.17) is 0 Å². The van der Waals surface area contributed by atoms with Gasteiger partial charge in [-0.15, -0.1) is 0 Å². The van der Waals surface area contributed by atoms with Gasteiger partial charge in [0.2, 0.25) is 0 Å². The Hall–Kier alpha value is -3.38. The zero-order chi connectivity index (χ0) is 33.8. The number of sulfone groups is 2. The molecule has 9 heteroatoms. The molecule has 0 spiro atoms. The molecule has 0 aliphatic rings. The van der Waals surface area contributed by atoms with Crippen LogP contribution in [0.5, 0.6) is 0 Å². The molecule has 2 N–H and O–H groups in total. The molecule has 0 aliphatic carbocycles. The third kappa shape index (κ3) is 16.8. The van der Waals surface area contributed by atoms with Crippen molar-refractivity contribution in [3.8, 4) is 0 Å². The summed E-state index contributed by atoms with van der Waals surface area (Å²) in [6.07, 6.45) is 4.89. The predicted octanol–water partition coefficient (Wildman–Crippen LogP) is 4.24. The normalized spacial score (nSPS) is 12.2. The second kappa shape index (κ2) is 22.2. The Labute approximate surface area is 295 Å². The summed E-state index contributed by atoms with van der Waals surface area (Å²) in [4.78, 5) is 0.673. The maximum absolute atomic E-state index is 12.2. The Morgan fingerprint density at radius 3 is 1.55 bits per heavy atom. The number of nitrogens with one attached hydrogen (secondary N) is 2. The Morgan fingerprint density at radius 2 is 1.11 bits per heavy atom. The Kier molecular flexibility index (Phi) is 19.7. The first-order valence-corrected chi connectivity index (χ1v) is 18.3. The van der Waals surface area contributed by atoms with Crippen LogP contribution in [0, 0.1) is 5.92 Å². The zero-order valence-corrected chi connectivity index (χ0v) is 30.1. The van der Waals surface area contributed by atoms with E-state index >= 15 is 0 Å². The van der Waals surface area contributed by atoms with Crippen LogP contribution in [-0.2, 0) is 32.5 Å². The van der Waals surface area contributed by atoms with Gasteiger partial charge in [-0.2, -0.15) is 20.8 Å². The minimum atomic E-state index is -3.38. The fourth-order valence-electron chi connectivity index (χ4n) is 4.03. The summed E-state index contributed by atoms with van der Waals surface area (Å²) in [7, 11) is -3.02. The molecule has 4 aromatic rings. The summed E-state index contributed by atoms with van der Waals surface area (Å²) in [5, 5.41) is 7.48. The van der Waals surface area contributed by atoms with Gasteiger partial charge < -0.3 is 16.6 Å². The number of benzene rings is 4. The van der Waals surface area contributed by atoms with Gasteiger partial charge in [0, 0.05) is 30.6 Å². The van der Waals surface area contributed by atoms with Gasteiger partial charge in [-0.1, -0.05) is 103 Å². The summed E-state index contributed by atoms with van der Waals surface area (Å²) in [5.74, 6) is 1.42. The average Bonchev–Trinajstić information content (AvgIpc) is 3.07. The zero-order valence-electron chi connectivity index (χ0n) is 28.4. The maximum Gasteiger partial charge on any atom is 1.00 e. The van der Waals surface area contributed by atoms with Crippen molar-refractivity contribution in [1.29, 1.82) is 0 Å². The fourth-order valence-corrected chi connectivity index (χ4v) is 6.31. The van der Waals surface area contributed by atoms with Gasteiger partial charge in [-0.25, -0.2) is 16.8 Å². The maximum atomic E-state index is 12.2. The third-order valence-electron chi connectivity index (χ3n) is 6.44. The van der Waals surface area contributed by atoms with Gasteiger partial charge in [0.15, 0.2) is 19.7 Å². The van der Waals surface area contributed by atoms with Crippen LogP contribution in [-0.4, -0.2) is 42.7 Å². The van der Waals surface area contributed by atoms with E-state index in [1.54, 1.807) is 66.7 Å². The smallest absolute Gasteiger partial charge is 0.391 e. The standard InChI is InChI=1S/2C17H19NO2S.C4H9.Li/c2*1-18-16(14-15-8-4-2-5-9-15)12-13-21(19,20)17-10-6-3-7-11-17;1-4(2)3;/h2-12,18H,13-14H2,1H3;2-13,16,18H,14H2,1H3;1-3H3;/q;;-1;+1/b;13-12+;;. The van der Waals surface area contributed by atoms with Gasteiger partial charge in [0.1, 0.15) is 0 Å². The van der Waals surface area contributed by atoms with Crippen molar-refractivity contribution in [2.45, 2.75) is 49.4 Å². The molecule has 1 atom stereocenters. The second-order valence-electron chi connectivity index (χ2n) is 11.0. The molecule has 47 heavy (non-hydrogen) atoms. The first-order chi connectivity index (χ1) is 22.0. The Bertz CT molecular complexity index is 1680. The quantitative estimate of drug-likeness (QED) is 0.174. The molecule has 0 aromatic heterocycles. The SMILES string of the molecule is CNC(/C=C/S(=O)(=O)c1ccccc1)Cc1ccccc1.CNC(=CCS(=O)(=O)c1ccccc1)Cc1ccccc1.C[C-](C)C.[Li+]. The molecule has 0 saturated carbocycles. The van der Waals surface area contributed by atoms with Crippen molar-refractivity contribution < 1.29 is 35.7 Å². The van der Waals surface area contributed by atoms with Crippen LogP contribution in [0.1, 0.15) is 31.9 Å². The minimum absolute atomic E-state index is 0. The second-order valence-corrected chi connectivity index (χ2v) is 14.9. The molecular weight excluding hydrogens is 620 g/mol. The largest absolute Gasteiger partial charge is 1.00 e. The van der Waals surface area contributed by atoms with Crippen molar-refractivity contribution in [1.82, 2.24) is 10.6 Å². The number of likely N-dealkylation sites (N-methyl/N-ethyl adjacent to an activating group) is 2. The van der Waals surface area contributed by atoms with Gasteiger partial charge in [0.05, 0.1) is 15.5 Å². The van der Waals surface area contributed by atoms with Gasteiger partial charge in [-0.05, 0) is 54.9 Å². The summed E-state index contributed by atoms with van der Waals surface area (Å²) in [6, 6.07) is 36.9. The summed E-state index contributed by atoms with van der Waals surface area (Å²) in [5.41, 5.74) is 3.22. The Morgan fingerprint density at radius 1 is 0.681 bits per heavy atom. The van der Waals surface area contributed by atoms with E-state index < -0.39 is 19.7 Å². The minimum Gasteiger partial charge on any atom is -0.391 e. The van der Waals surface area contributed by atoms with Crippen LogP contribution in [0.25, 0.3) is 0 Å². The molecule has 0 fully saturated rings. The van der Waals surface area contributed by atoms with Crippen LogP contribution in [0.15, 0.2) is 154 Å². The molecule has 6 nitrogen and oxygen atoms in total. The van der Waals surface area contributed by atoms with E-state index in [1.807, 2.05) is 80.8 Å². The van der Waals surface area contributed by atoms with E-state index in [2.05, 4.69) is 31.4 Å². The van der Waals surface area contributed by atoms with Crippen molar-refractivity contribution in [2.24, 2.45) is 0 Å². The molecule has 0 bridgehead atoms. The summed E-state index contributed by atoms with van der Waals surface area (Å²) < 4.78 is 48.8. The van der Waals surface area contributed by atoms with Crippen LogP contribution in [0.4, 0.5) is 0 Å². The molecule has 0 saturated heterocycles. The summed E-state index contributed by atoms with van der Waals surface area (Å²) >= 11 is 0. The van der Waals surface area contributed by atoms with Gasteiger partial charge in [-0.3, -0.25) is 0 Å². The summed E-state index contributed by atoms with van der Waals surface area (Å²) in [6.45, 7) is 6.25. The molecule has 4 rings (SSSR count). The number of allylic oxidation sites excluding steroid dienone is 1. The molecule has 0 amide bonds. The van der Waals surface area contributed by atoms with Crippen LogP contribution in [0.3, 0.4) is 0 Å². The number of hydrogen-bond acceptors (Lipinski definition) is 6. The molecule has 0 heterocycles. The monoisotopic (exact) mass is 666 g/mol. The molecular formula is C38H47LiN2O4S2. The van der Waals surface area contributed by atoms with Crippen molar-refractivity contribution in [3.63, 3.8) is 0 Å². The van der Waals surface area contributed by atoms with E-state index in [0.29, 0.717) is 16.2 Å². The van der Waals surface area contributed by atoms with Crippen molar-refractivity contribution in [2.75, 3.05) is 19.8 Å². The van der Waals surface area contributed by atoms with Gasteiger partial charge >= 0.3 is 18.9 Å². The van der Waals surface area contributed by atoms with Gasteiger partial charge in [0.25, 0.3) is 0 Å². The van der Waals surface area contributed by atoms with Crippen LogP contribution in [0.2, 0.25) is 0 Å². The molecule has 0 radical (unpaired) electrons. The third-order valence-corrected chi connectivity index (χ3v) is 9.48. The van der Waals surface area contributed by atoms with E-state index in [-0.39, 0.29) is 30.7 Å². The van der Waals surface area contributed by atoms with E-state index in [0.717, 1.165) is 17.7 Å². The molecule has 246 valence electrons. The molecule has 4 aromatic carbocycles. The van der Waals surface area contributed by atoms with Crippen LogP contribution < -0.4 is 29.5 Å². The average molecular weight is 667 g/mol. The van der Waals surface area contributed by atoms with E-state index in [9.17, 15) is 16.8 Å². The molecule has 1 unspecified atom stereocenters. The number of hydrogen-bond donors (Lipinski definition) is 2. The Balaban J connectivity index is 0.000000414. The van der Waals surface area contributed by atoms with Crippen LogP contribution >= 0.6 is 0 Å². The first kappa shape index (κ1) is 41.6. The van der Waals surface area contributed by atoms with Crippen molar-refractivity contribution >= 4 is 19.7 Å².